The topological polar surface area (TPSA) is 73.7 Å². The van der Waals surface area contributed by atoms with Gasteiger partial charge in [-0.05, 0) is 70.2 Å². The van der Waals surface area contributed by atoms with E-state index < -0.39 is 0 Å². The van der Waals surface area contributed by atoms with Crippen molar-refractivity contribution < 1.29 is 9.59 Å². The SMILES string of the molecule is CC(=O)N1CCc2c(nc(C)n2C2C[C@H]3CC[C@@H](C2)N3CCCN(C(=O)Nc2ccc(C)cc2)c2ccccc2)C1. The van der Waals surface area contributed by atoms with Crippen molar-refractivity contribution in [3.05, 3.63) is 77.4 Å². The molecule has 1 N–H and O–H groups in total. The summed E-state index contributed by atoms with van der Waals surface area (Å²) in [6, 6.07) is 19.4. The second-order valence-corrected chi connectivity index (χ2v) is 12.0. The van der Waals surface area contributed by atoms with E-state index in [1.54, 1.807) is 6.92 Å². The van der Waals surface area contributed by atoms with E-state index in [9.17, 15) is 9.59 Å². The van der Waals surface area contributed by atoms with Gasteiger partial charge in [-0.3, -0.25) is 14.6 Å². The van der Waals surface area contributed by atoms with Crippen molar-refractivity contribution in [2.45, 2.75) is 84.0 Å². The largest absolute Gasteiger partial charge is 0.337 e. The first kappa shape index (κ1) is 27.5. The number of hydrogen-bond acceptors (Lipinski definition) is 4. The molecule has 4 heterocycles. The molecule has 8 heteroatoms. The molecule has 3 amide bonds. The number of benzene rings is 2. The first-order valence-corrected chi connectivity index (χ1v) is 15.2. The number of nitrogens with zero attached hydrogens (tertiary/aromatic N) is 5. The molecule has 0 saturated carbocycles. The van der Waals surface area contributed by atoms with E-state index in [0.717, 1.165) is 61.7 Å². The fourth-order valence-electron chi connectivity index (χ4n) is 7.31. The Balaban J connectivity index is 1.10. The van der Waals surface area contributed by atoms with Crippen molar-refractivity contribution >= 4 is 23.3 Å². The number of nitrogens with one attached hydrogen (secondary N) is 1. The number of para-hydroxylation sites is 1. The van der Waals surface area contributed by atoms with Crippen LogP contribution in [0.25, 0.3) is 0 Å². The van der Waals surface area contributed by atoms with Gasteiger partial charge in [0.05, 0.1) is 12.2 Å². The van der Waals surface area contributed by atoms with E-state index in [1.807, 2.05) is 71.3 Å². The zero-order valence-electron chi connectivity index (χ0n) is 24.6. The van der Waals surface area contributed by atoms with Crippen molar-refractivity contribution in [2.24, 2.45) is 0 Å². The second kappa shape index (κ2) is 11.7. The van der Waals surface area contributed by atoms with E-state index in [0.29, 0.717) is 31.2 Å². The molecule has 3 aromatic rings. The minimum absolute atomic E-state index is 0.0922. The van der Waals surface area contributed by atoms with E-state index in [-0.39, 0.29) is 11.9 Å². The summed E-state index contributed by atoms with van der Waals surface area (Å²) in [6.45, 7) is 8.92. The normalized spacial score (nSPS) is 21.9. The van der Waals surface area contributed by atoms with Gasteiger partial charge in [-0.1, -0.05) is 35.9 Å². The van der Waals surface area contributed by atoms with Crippen molar-refractivity contribution in [1.82, 2.24) is 19.4 Å². The van der Waals surface area contributed by atoms with Crippen LogP contribution >= 0.6 is 0 Å². The Morgan fingerprint density at radius 3 is 2.37 bits per heavy atom. The zero-order valence-corrected chi connectivity index (χ0v) is 24.6. The number of rotatable bonds is 7. The van der Waals surface area contributed by atoms with Gasteiger partial charge in [-0.25, -0.2) is 9.78 Å². The standard InChI is InChI=1S/C33H42N6O2/c1-23-10-12-26(13-11-23)35-33(41)38(27-8-5-4-6-9-27)18-7-17-37-28-14-15-29(37)21-30(20-28)39-24(2)34-31-22-36(25(3)40)19-16-32(31)39/h4-6,8-13,28-30H,7,14-22H2,1-3H3,(H,35,41)/t28-,29+,30?. The van der Waals surface area contributed by atoms with Crippen LogP contribution in [0, 0.1) is 13.8 Å². The Bertz CT molecular complexity index is 1370. The molecule has 41 heavy (non-hydrogen) atoms. The van der Waals surface area contributed by atoms with Crippen LogP contribution in [0.4, 0.5) is 16.2 Å². The maximum Gasteiger partial charge on any atom is 0.326 e. The molecule has 0 spiro atoms. The minimum Gasteiger partial charge on any atom is -0.337 e. The molecule has 3 aliphatic rings. The number of imidazole rings is 1. The number of piperidine rings is 1. The Kier molecular flexibility index (Phi) is 7.84. The van der Waals surface area contributed by atoms with Gasteiger partial charge in [0.25, 0.3) is 0 Å². The molecule has 0 radical (unpaired) electrons. The molecule has 3 atom stereocenters. The lowest BCUT2D eigenvalue weighted by Gasteiger charge is -2.41. The molecule has 2 bridgehead atoms. The van der Waals surface area contributed by atoms with E-state index >= 15 is 0 Å². The third-order valence-electron chi connectivity index (χ3n) is 9.31. The number of hydrogen-bond donors (Lipinski definition) is 1. The van der Waals surface area contributed by atoms with Gasteiger partial charge in [-0.15, -0.1) is 0 Å². The molecule has 3 aliphatic heterocycles. The average molecular weight is 555 g/mol. The minimum atomic E-state index is -0.0922. The molecule has 2 saturated heterocycles. The molecule has 216 valence electrons. The first-order chi connectivity index (χ1) is 19.9. The summed E-state index contributed by atoms with van der Waals surface area (Å²) in [5.74, 6) is 1.23. The van der Waals surface area contributed by atoms with Crippen molar-refractivity contribution in [3.8, 4) is 0 Å². The van der Waals surface area contributed by atoms with Crippen molar-refractivity contribution in [2.75, 3.05) is 29.9 Å². The Morgan fingerprint density at radius 1 is 0.976 bits per heavy atom. The molecule has 2 fully saturated rings. The molecule has 0 aliphatic carbocycles. The molecule has 2 aromatic carbocycles. The molecular weight excluding hydrogens is 512 g/mol. The van der Waals surface area contributed by atoms with Crippen LogP contribution in [0.5, 0.6) is 0 Å². The summed E-state index contributed by atoms with van der Waals surface area (Å²) in [4.78, 5) is 36.7. The summed E-state index contributed by atoms with van der Waals surface area (Å²) in [6.07, 6.45) is 6.59. The van der Waals surface area contributed by atoms with Gasteiger partial charge in [0, 0.05) is 68.2 Å². The van der Waals surface area contributed by atoms with Crippen LogP contribution in [0.2, 0.25) is 0 Å². The smallest absolute Gasteiger partial charge is 0.326 e. The predicted molar refractivity (Wildman–Crippen MR) is 162 cm³/mol. The van der Waals surface area contributed by atoms with Crippen LogP contribution in [-0.2, 0) is 17.8 Å². The van der Waals surface area contributed by atoms with Gasteiger partial charge in [0.1, 0.15) is 5.82 Å². The summed E-state index contributed by atoms with van der Waals surface area (Å²) in [7, 11) is 0. The third kappa shape index (κ3) is 5.75. The fraction of sp³-hybridized carbons (Fsp3) is 0.485. The molecule has 8 nitrogen and oxygen atoms in total. The summed E-state index contributed by atoms with van der Waals surface area (Å²) < 4.78 is 2.52. The zero-order chi connectivity index (χ0) is 28.5. The first-order valence-electron chi connectivity index (χ1n) is 15.2. The lowest BCUT2D eigenvalue weighted by molar-refractivity contribution is -0.129. The number of carbonyl (C=O) groups excluding carboxylic acids is 2. The number of urea groups is 1. The summed E-state index contributed by atoms with van der Waals surface area (Å²) in [5, 5.41) is 3.09. The number of aromatic nitrogens is 2. The summed E-state index contributed by atoms with van der Waals surface area (Å²) >= 11 is 0. The highest BCUT2D eigenvalue weighted by Gasteiger charge is 2.42. The Hall–Kier alpha value is -3.65. The molecule has 1 unspecified atom stereocenters. The fourth-order valence-corrected chi connectivity index (χ4v) is 7.31. The quantitative estimate of drug-likeness (QED) is 0.407. The van der Waals surface area contributed by atoms with Gasteiger partial charge in [-0.2, -0.15) is 0 Å². The lowest BCUT2D eigenvalue weighted by atomic mass is 9.95. The summed E-state index contributed by atoms with van der Waals surface area (Å²) in [5.41, 5.74) is 5.33. The lowest BCUT2D eigenvalue weighted by Crippen LogP contribution is -2.45. The van der Waals surface area contributed by atoms with E-state index in [1.165, 1.54) is 24.1 Å². The predicted octanol–water partition coefficient (Wildman–Crippen LogP) is 5.70. The Labute approximate surface area is 243 Å². The van der Waals surface area contributed by atoms with Crippen LogP contribution < -0.4 is 10.2 Å². The average Bonchev–Trinajstić information content (AvgIpc) is 3.42. The maximum absolute atomic E-state index is 13.4. The molecule has 1 aromatic heterocycles. The van der Waals surface area contributed by atoms with Gasteiger partial charge in [0.2, 0.25) is 5.91 Å². The van der Waals surface area contributed by atoms with Crippen LogP contribution in [-0.4, -0.2) is 63.0 Å². The van der Waals surface area contributed by atoms with Gasteiger partial charge < -0.3 is 14.8 Å². The Morgan fingerprint density at radius 2 is 1.68 bits per heavy atom. The highest BCUT2D eigenvalue weighted by Crippen LogP contribution is 2.42. The van der Waals surface area contributed by atoms with Crippen LogP contribution in [0.1, 0.15) is 67.8 Å². The van der Waals surface area contributed by atoms with Crippen molar-refractivity contribution in [1.29, 1.82) is 0 Å². The number of amides is 3. The van der Waals surface area contributed by atoms with Crippen LogP contribution in [0.3, 0.4) is 0 Å². The number of aryl methyl sites for hydroxylation is 2. The van der Waals surface area contributed by atoms with Crippen LogP contribution in [0.15, 0.2) is 54.6 Å². The third-order valence-corrected chi connectivity index (χ3v) is 9.31. The maximum atomic E-state index is 13.4. The van der Waals surface area contributed by atoms with E-state index in [2.05, 4.69) is 21.7 Å². The van der Waals surface area contributed by atoms with Gasteiger partial charge in [0.15, 0.2) is 0 Å². The highest BCUT2D eigenvalue weighted by atomic mass is 16.2. The number of anilines is 2. The van der Waals surface area contributed by atoms with E-state index in [4.69, 9.17) is 4.98 Å². The molecular formula is C33H42N6O2. The number of carbonyl (C=O) groups is 2. The van der Waals surface area contributed by atoms with Crippen molar-refractivity contribution in [3.63, 3.8) is 0 Å². The van der Waals surface area contributed by atoms with Gasteiger partial charge >= 0.3 is 6.03 Å². The second-order valence-electron chi connectivity index (χ2n) is 12.0. The highest BCUT2D eigenvalue weighted by molar-refractivity contribution is 6.01. The molecule has 6 rings (SSSR count). The monoisotopic (exact) mass is 554 g/mol. The number of fused-ring (bicyclic) bond motifs is 3.